The lowest BCUT2D eigenvalue weighted by Gasteiger charge is -2.04. The van der Waals surface area contributed by atoms with Crippen molar-refractivity contribution in [3.8, 4) is 29.0 Å². The Kier molecular flexibility index (Phi) is 35.3. The summed E-state index contributed by atoms with van der Waals surface area (Å²) in [7, 11) is 0. The zero-order valence-corrected chi connectivity index (χ0v) is 26.1. The van der Waals surface area contributed by atoms with E-state index in [2.05, 4.69) is 15.0 Å². The third kappa shape index (κ3) is 23.9. The van der Waals surface area contributed by atoms with Gasteiger partial charge in [0.2, 0.25) is 11.8 Å². The molecule has 3 heterocycles. The highest BCUT2D eigenvalue weighted by molar-refractivity contribution is 6.29. The molecule has 3 aromatic heterocycles. The van der Waals surface area contributed by atoms with Crippen molar-refractivity contribution in [3.63, 3.8) is 0 Å². The van der Waals surface area contributed by atoms with E-state index in [0.29, 0.717) is 17.3 Å². The summed E-state index contributed by atoms with van der Waals surface area (Å²) in [4.78, 5) is 30.5. The molecule has 0 aliphatic heterocycles. The van der Waals surface area contributed by atoms with Gasteiger partial charge in [-0.15, -0.1) is 0 Å². The van der Waals surface area contributed by atoms with Crippen LogP contribution < -0.4 is 15.2 Å². The fourth-order valence-electron chi connectivity index (χ4n) is 3.25. The number of ether oxygens (including phenoxy) is 2. The van der Waals surface area contributed by atoms with E-state index in [9.17, 15) is 33.4 Å². The SMILES string of the molecule is C.C.C.C.C.C.C.C.Nc1ccc(Oc2cccc(F)c2)nc1.O=[N+]([O-])c1ccc(Cl)nc1.O=[N+]([O-])c1ccc(Oc2cccc(F)c2)nc1.Oc1cccc(F)c1. The summed E-state index contributed by atoms with van der Waals surface area (Å²) in [6, 6.07) is 25.2. The average Bonchev–Trinajstić information content (AvgIpc) is 3.07. The molecule has 0 amide bonds. The number of rotatable bonds is 6. The van der Waals surface area contributed by atoms with Crippen LogP contribution in [-0.4, -0.2) is 29.9 Å². The Morgan fingerprint density at radius 1 is 0.552 bits per heavy atom. The van der Waals surface area contributed by atoms with Gasteiger partial charge in [-0.3, -0.25) is 20.2 Å². The summed E-state index contributed by atoms with van der Waals surface area (Å²) in [5, 5.41) is 29.3. The van der Waals surface area contributed by atoms with Crippen LogP contribution in [0.15, 0.2) is 128 Å². The molecule has 6 rings (SSSR count). The number of pyridine rings is 3. The molecular weight excluding hydrogens is 781 g/mol. The average molecular weight is 837 g/mol. The molecule has 17 heteroatoms. The van der Waals surface area contributed by atoms with Crippen LogP contribution in [0.4, 0.5) is 30.2 Å². The topological polar surface area (TPSA) is 190 Å². The molecule has 0 fully saturated rings. The third-order valence-electron chi connectivity index (χ3n) is 5.46. The number of anilines is 1. The number of benzene rings is 3. The van der Waals surface area contributed by atoms with Gasteiger partial charge < -0.3 is 20.3 Å². The molecule has 0 aliphatic carbocycles. The smallest absolute Gasteiger partial charge is 0.287 e. The molecule has 0 bridgehead atoms. The summed E-state index contributed by atoms with van der Waals surface area (Å²) in [6.07, 6.45) is 3.67. The first-order chi connectivity index (χ1) is 23.9. The van der Waals surface area contributed by atoms with Gasteiger partial charge in [0, 0.05) is 42.5 Å². The second-order valence-corrected chi connectivity index (χ2v) is 9.62. The largest absolute Gasteiger partial charge is 0.508 e. The van der Waals surface area contributed by atoms with Crippen molar-refractivity contribution in [1.29, 1.82) is 0 Å². The molecule has 0 atom stereocenters. The number of aromatic hydroxyl groups is 1. The molecule has 0 saturated carbocycles. The number of phenols is 1. The first-order valence-electron chi connectivity index (χ1n) is 13.8. The molecule has 13 nitrogen and oxygen atoms in total. The lowest BCUT2D eigenvalue weighted by molar-refractivity contribution is -0.385. The number of halogens is 4. The van der Waals surface area contributed by atoms with Crippen LogP contribution in [0.1, 0.15) is 59.4 Å². The van der Waals surface area contributed by atoms with E-state index in [4.69, 9.17) is 31.9 Å². The van der Waals surface area contributed by atoms with Crippen molar-refractivity contribution >= 4 is 28.7 Å². The molecule has 320 valence electrons. The van der Waals surface area contributed by atoms with E-state index in [1.165, 1.54) is 79.0 Å². The van der Waals surface area contributed by atoms with Crippen LogP contribution in [0.25, 0.3) is 0 Å². The van der Waals surface area contributed by atoms with Crippen molar-refractivity contribution in [2.24, 2.45) is 0 Å². The van der Waals surface area contributed by atoms with Crippen molar-refractivity contribution in [3.05, 3.63) is 171 Å². The van der Waals surface area contributed by atoms with Crippen molar-refractivity contribution in [2.45, 2.75) is 59.4 Å². The predicted molar refractivity (Wildman–Crippen MR) is 230 cm³/mol. The van der Waals surface area contributed by atoms with Crippen molar-refractivity contribution < 1.29 is 37.6 Å². The molecule has 0 spiro atoms. The van der Waals surface area contributed by atoms with Gasteiger partial charge in [0.25, 0.3) is 11.4 Å². The zero-order chi connectivity index (χ0) is 36.5. The van der Waals surface area contributed by atoms with Crippen LogP contribution >= 0.6 is 11.6 Å². The van der Waals surface area contributed by atoms with Gasteiger partial charge in [0.1, 0.15) is 52.2 Å². The Morgan fingerprint density at radius 2 is 0.948 bits per heavy atom. The normalized spacial score (nSPS) is 8.34. The number of nitrogens with zero attached hydrogens (tertiary/aromatic N) is 5. The second kappa shape index (κ2) is 32.4. The minimum absolute atomic E-state index is 0. The van der Waals surface area contributed by atoms with E-state index in [0.717, 1.165) is 18.5 Å². The molecule has 3 aromatic carbocycles. The minimum atomic E-state index is -0.557. The predicted octanol–water partition coefficient (Wildman–Crippen LogP) is 13.8. The van der Waals surface area contributed by atoms with Crippen LogP contribution in [0.5, 0.6) is 29.0 Å². The highest BCUT2D eigenvalue weighted by Crippen LogP contribution is 2.22. The molecule has 3 N–H and O–H groups in total. The molecule has 6 aromatic rings. The van der Waals surface area contributed by atoms with Gasteiger partial charge in [-0.1, -0.05) is 89.2 Å². The number of hydrogen-bond donors (Lipinski definition) is 2. The number of nitro groups is 2. The summed E-state index contributed by atoms with van der Waals surface area (Å²) in [5.41, 5.74) is 5.84. The summed E-state index contributed by atoms with van der Waals surface area (Å²) in [6.45, 7) is 0. The molecule has 58 heavy (non-hydrogen) atoms. The Balaban J connectivity index is -0.000000153. The van der Waals surface area contributed by atoms with Crippen LogP contribution in [0.2, 0.25) is 5.15 Å². The number of hydrogen-bond acceptors (Lipinski definition) is 11. The first kappa shape index (κ1) is 63.1. The highest BCUT2D eigenvalue weighted by Gasteiger charge is 2.07. The number of phenolic OH excluding ortho intramolecular Hbond substituents is 1. The van der Waals surface area contributed by atoms with E-state index >= 15 is 0 Å². The maximum Gasteiger partial charge on any atom is 0.287 e. The van der Waals surface area contributed by atoms with Crippen molar-refractivity contribution in [2.75, 3.05) is 5.73 Å². The summed E-state index contributed by atoms with van der Waals surface area (Å²) >= 11 is 5.38. The summed E-state index contributed by atoms with van der Waals surface area (Å²) < 4.78 is 48.2. The molecular formula is C41H56ClF3N6O7. The Hall–Kier alpha value is -6.81. The molecule has 0 saturated heterocycles. The van der Waals surface area contributed by atoms with Gasteiger partial charge in [0.15, 0.2) is 0 Å². The zero-order valence-electron chi connectivity index (χ0n) is 25.3. The molecule has 0 unspecified atom stereocenters. The fourth-order valence-corrected chi connectivity index (χ4v) is 3.36. The number of aromatic nitrogens is 3. The first-order valence-corrected chi connectivity index (χ1v) is 14.1. The van der Waals surface area contributed by atoms with E-state index in [-0.39, 0.29) is 99.1 Å². The maximum atomic E-state index is 12.9. The quantitative estimate of drug-likeness (QED) is 0.0922. The standard InChI is InChI=1S/C11H7FN2O3.C11H9FN2O.C6H5FO.C5H3ClN2O2.8CH4/c12-8-2-1-3-10(6-8)17-11-5-4-9(7-13-11)14(15)16;12-8-2-1-3-10(6-8)15-11-5-4-9(13)7-14-11;7-5-2-1-3-6(8)4-5;6-5-2-1-4(3-7-5)8(9)10;;;;;;;;/h1-7H;1-7H,13H2;1-4,8H;1-3H;8*1H4. The maximum absolute atomic E-state index is 12.9. The van der Waals surface area contributed by atoms with Gasteiger partial charge >= 0.3 is 0 Å². The lowest BCUT2D eigenvalue weighted by Crippen LogP contribution is -1.91. The summed E-state index contributed by atoms with van der Waals surface area (Å²) in [5.74, 6) is 0.0250. The Bertz CT molecular complexity index is 1980. The van der Waals surface area contributed by atoms with Crippen molar-refractivity contribution in [1.82, 2.24) is 15.0 Å². The van der Waals surface area contributed by atoms with E-state index in [1.54, 1.807) is 30.3 Å². The highest BCUT2D eigenvalue weighted by atomic mass is 35.5. The third-order valence-corrected chi connectivity index (χ3v) is 5.68. The van der Waals surface area contributed by atoms with Crippen LogP contribution in [-0.2, 0) is 0 Å². The minimum Gasteiger partial charge on any atom is -0.508 e. The molecule has 0 aliphatic rings. The van der Waals surface area contributed by atoms with Crippen LogP contribution in [0.3, 0.4) is 0 Å². The van der Waals surface area contributed by atoms with Gasteiger partial charge in [-0.05, 0) is 48.5 Å². The van der Waals surface area contributed by atoms with E-state index < -0.39 is 21.5 Å². The van der Waals surface area contributed by atoms with E-state index in [1.807, 2.05) is 0 Å². The van der Waals surface area contributed by atoms with Gasteiger partial charge in [0.05, 0.1) is 21.7 Å². The monoisotopic (exact) mass is 836 g/mol. The van der Waals surface area contributed by atoms with Gasteiger partial charge in [-0.25, -0.2) is 28.1 Å². The fraction of sp³-hybridized carbons (Fsp3) is 0.195. The Labute approximate surface area is 345 Å². The number of nitrogens with two attached hydrogens (primary N) is 1. The van der Waals surface area contributed by atoms with Crippen LogP contribution in [0, 0.1) is 37.7 Å². The lowest BCUT2D eigenvalue weighted by atomic mass is 10.3. The number of nitrogen functional groups attached to an aromatic ring is 1. The Morgan fingerprint density at radius 3 is 1.26 bits per heavy atom. The second-order valence-electron chi connectivity index (χ2n) is 9.24. The van der Waals surface area contributed by atoms with Gasteiger partial charge in [-0.2, -0.15) is 0 Å². The molecule has 0 radical (unpaired) electrons.